The molecule has 6 heteroatoms. The number of ether oxygens (including phenoxy) is 1. The van der Waals surface area contributed by atoms with E-state index in [2.05, 4.69) is 23.5 Å². The fourth-order valence-corrected chi connectivity index (χ4v) is 4.92. The molecule has 4 aromatic rings. The number of carbonyl (C=O) groups is 2. The number of benzene rings is 3. The van der Waals surface area contributed by atoms with Gasteiger partial charge in [-0.05, 0) is 52.9 Å². The van der Waals surface area contributed by atoms with Gasteiger partial charge in [-0.25, -0.2) is 0 Å². The van der Waals surface area contributed by atoms with Crippen molar-refractivity contribution in [1.82, 2.24) is 10.2 Å². The zero-order valence-corrected chi connectivity index (χ0v) is 22.6. The van der Waals surface area contributed by atoms with Crippen LogP contribution in [-0.4, -0.2) is 23.3 Å². The molecule has 1 aliphatic rings. The molecule has 39 heavy (non-hydrogen) atoms. The molecule has 1 aliphatic heterocycles. The molecule has 0 unspecified atom stereocenters. The van der Waals surface area contributed by atoms with Crippen molar-refractivity contribution in [3.63, 3.8) is 0 Å². The van der Waals surface area contributed by atoms with Crippen LogP contribution in [0.15, 0.2) is 95.4 Å². The molecule has 2 amide bonds. The average Bonchev–Trinajstić information content (AvgIpc) is 3.43. The zero-order valence-electron chi connectivity index (χ0n) is 22.6. The van der Waals surface area contributed by atoms with E-state index >= 15 is 0 Å². The van der Waals surface area contributed by atoms with Crippen molar-refractivity contribution >= 4 is 11.8 Å². The van der Waals surface area contributed by atoms with Crippen LogP contribution in [0.1, 0.15) is 65.4 Å². The highest BCUT2D eigenvalue weighted by atomic mass is 16.5. The Balaban J connectivity index is 1.31. The maximum atomic E-state index is 13.4. The van der Waals surface area contributed by atoms with Crippen LogP contribution in [0.3, 0.4) is 0 Å². The zero-order chi connectivity index (χ0) is 27.4. The normalized spacial score (nSPS) is 14.9. The van der Waals surface area contributed by atoms with Crippen LogP contribution in [0.25, 0.3) is 0 Å². The third kappa shape index (κ3) is 6.06. The first kappa shape index (κ1) is 26.3. The van der Waals surface area contributed by atoms with E-state index in [1.807, 2.05) is 86.3 Å². The summed E-state index contributed by atoms with van der Waals surface area (Å²) < 4.78 is 11.9. The summed E-state index contributed by atoms with van der Waals surface area (Å²) in [4.78, 5) is 28.0. The minimum Gasteiger partial charge on any atom is -0.486 e. The molecular weight excluding hydrogens is 488 g/mol. The van der Waals surface area contributed by atoms with Gasteiger partial charge < -0.3 is 19.4 Å². The van der Waals surface area contributed by atoms with Gasteiger partial charge in [0.05, 0.1) is 6.04 Å². The molecule has 0 saturated heterocycles. The SMILES string of the molecule is CC(C)(C)C(=O)N1CCc2ccc(OCc3ccc(C(=O)NCc4ccccc4)o3)cc2[C@H]1c1ccccc1. The molecule has 1 N–H and O–H groups in total. The molecule has 0 fully saturated rings. The van der Waals surface area contributed by atoms with Crippen LogP contribution in [0.4, 0.5) is 0 Å². The number of nitrogens with zero attached hydrogens (tertiary/aromatic N) is 1. The van der Waals surface area contributed by atoms with E-state index in [1.165, 1.54) is 5.56 Å². The lowest BCUT2D eigenvalue weighted by Gasteiger charge is -2.41. The van der Waals surface area contributed by atoms with E-state index in [0.29, 0.717) is 24.6 Å². The first-order valence-corrected chi connectivity index (χ1v) is 13.3. The summed E-state index contributed by atoms with van der Waals surface area (Å²) in [6.07, 6.45) is 0.792. The second kappa shape index (κ2) is 11.2. The standard InChI is InChI=1S/C33H34N2O4/c1-33(2,3)32(37)35-19-18-24-14-15-26(20-28(24)30(35)25-12-8-5-9-13-25)38-22-27-16-17-29(39-27)31(36)34-21-23-10-6-4-7-11-23/h4-17,20,30H,18-19,21-22H2,1-3H3,(H,34,36)/t30-/m1/s1. The maximum absolute atomic E-state index is 13.4. The van der Waals surface area contributed by atoms with Crippen LogP contribution in [-0.2, 0) is 24.4 Å². The average molecular weight is 523 g/mol. The lowest BCUT2D eigenvalue weighted by Crippen LogP contribution is -2.45. The predicted molar refractivity (Wildman–Crippen MR) is 150 cm³/mol. The summed E-state index contributed by atoms with van der Waals surface area (Å²) in [5, 5.41) is 2.87. The van der Waals surface area contributed by atoms with Crippen LogP contribution in [0.2, 0.25) is 0 Å². The van der Waals surface area contributed by atoms with E-state index in [4.69, 9.17) is 9.15 Å². The molecule has 0 saturated carbocycles. The van der Waals surface area contributed by atoms with Crippen LogP contribution in [0.5, 0.6) is 5.75 Å². The topological polar surface area (TPSA) is 71.8 Å². The van der Waals surface area contributed by atoms with Gasteiger partial charge in [-0.3, -0.25) is 9.59 Å². The molecule has 6 nitrogen and oxygen atoms in total. The summed E-state index contributed by atoms with van der Waals surface area (Å²) in [5.74, 6) is 1.35. The molecule has 1 aromatic heterocycles. The predicted octanol–water partition coefficient (Wildman–Crippen LogP) is 6.31. The van der Waals surface area contributed by atoms with Crippen LogP contribution in [0, 0.1) is 5.41 Å². The summed E-state index contributed by atoms with van der Waals surface area (Å²) >= 11 is 0. The van der Waals surface area contributed by atoms with Gasteiger partial charge in [0.2, 0.25) is 5.91 Å². The van der Waals surface area contributed by atoms with E-state index in [0.717, 1.165) is 23.1 Å². The van der Waals surface area contributed by atoms with E-state index < -0.39 is 5.41 Å². The summed E-state index contributed by atoms with van der Waals surface area (Å²) in [6.45, 7) is 7.18. The number of hydrogen-bond acceptors (Lipinski definition) is 4. The lowest BCUT2D eigenvalue weighted by atomic mass is 9.85. The van der Waals surface area contributed by atoms with Crippen molar-refractivity contribution in [2.45, 2.75) is 46.4 Å². The fraction of sp³-hybridized carbons (Fsp3) is 0.273. The van der Waals surface area contributed by atoms with Crippen LogP contribution < -0.4 is 10.1 Å². The number of fused-ring (bicyclic) bond motifs is 1. The van der Waals surface area contributed by atoms with Crippen molar-refractivity contribution in [3.8, 4) is 5.75 Å². The van der Waals surface area contributed by atoms with E-state index in [1.54, 1.807) is 12.1 Å². The van der Waals surface area contributed by atoms with Crippen molar-refractivity contribution in [3.05, 3.63) is 125 Å². The van der Waals surface area contributed by atoms with Gasteiger partial charge in [0, 0.05) is 18.5 Å². The lowest BCUT2D eigenvalue weighted by molar-refractivity contribution is -0.141. The highest BCUT2D eigenvalue weighted by Gasteiger charge is 2.37. The number of nitrogens with one attached hydrogen (secondary N) is 1. The van der Waals surface area contributed by atoms with Gasteiger partial charge in [-0.15, -0.1) is 0 Å². The number of furan rings is 1. The molecule has 3 aromatic carbocycles. The molecule has 0 radical (unpaired) electrons. The molecule has 0 aliphatic carbocycles. The molecular formula is C33H34N2O4. The number of carbonyl (C=O) groups excluding carboxylic acids is 2. The Morgan fingerprint density at radius 2 is 1.67 bits per heavy atom. The van der Waals surface area contributed by atoms with Crippen molar-refractivity contribution < 1.29 is 18.7 Å². The third-order valence-electron chi connectivity index (χ3n) is 6.93. The van der Waals surface area contributed by atoms with Gasteiger partial charge in [0.25, 0.3) is 5.91 Å². The van der Waals surface area contributed by atoms with Gasteiger partial charge in [0.15, 0.2) is 5.76 Å². The van der Waals surface area contributed by atoms with Crippen LogP contribution >= 0.6 is 0 Å². The highest BCUT2D eigenvalue weighted by Crippen LogP contribution is 2.39. The fourth-order valence-electron chi connectivity index (χ4n) is 4.92. The summed E-state index contributed by atoms with van der Waals surface area (Å²) in [6, 6.07) is 29.2. The Kier molecular flexibility index (Phi) is 7.55. The maximum Gasteiger partial charge on any atom is 0.287 e. The molecule has 200 valence electrons. The molecule has 0 spiro atoms. The van der Waals surface area contributed by atoms with Crippen molar-refractivity contribution in [1.29, 1.82) is 0 Å². The van der Waals surface area contributed by atoms with E-state index in [9.17, 15) is 9.59 Å². The first-order chi connectivity index (χ1) is 18.8. The Morgan fingerprint density at radius 1 is 0.949 bits per heavy atom. The third-order valence-corrected chi connectivity index (χ3v) is 6.93. The number of rotatable bonds is 7. The number of amides is 2. The molecule has 2 heterocycles. The smallest absolute Gasteiger partial charge is 0.287 e. The Hall–Kier alpha value is -4.32. The van der Waals surface area contributed by atoms with Gasteiger partial charge >= 0.3 is 0 Å². The second-order valence-corrected chi connectivity index (χ2v) is 10.9. The Bertz CT molecular complexity index is 1440. The van der Waals surface area contributed by atoms with E-state index in [-0.39, 0.29) is 30.2 Å². The van der Waals surface area contributed by atoms with Crippen molar-refractivity contribution in [2.24, 2.45) is 5.41 Å². The monoisotopic (exact) mass is 522 g/mol. The number of hydrogen-bond donors (Lipinski definition) is 1. The first-order valence-electron chi connectivity index (χ1n) is 13.3. The van der Waals surface area contributed by atoms with Gasteiger partial charge in [0.1, 0.15) is 18.1 Å². The minimum atomic E-state index is -0.483. The van der Waals surface area contributed by atoms with Gasteiger partial charge in [-0.2, -0.15) is 0 Å². The molecule has 1 atom stereocenters. The summed E-state index contributed by atoms with van der Waals surface area (Å²) in [5.41, 5.74) is 3.89. The van der Waals surface area contributed by atoms with Crippen molar-refractivity contribution in [2.75, 3.05) is 6.54 Å². The highest BCUT2D eigenvalue weighted by molar-refractivity contribution is 5.91. The largest absolute Gasteiger partial charge is 0.486 e. The Labute approximate surface area is 229 Å². The summed E-state index contributed by atoms with van der Waals surface area (Å²) in [7, 11) is 0. The minimum absolute atomic E-state index is 0.127. The molecule has 5 rings (SSSR count). The van der Waals surface area contributed by atoms with Gasteiger partial charge in [-0.1, -0.05) is 87.5 Å². The Morgan fingerprint density at radius 3 is 2.38 bits per heavy atom. The molecule has 0 bridgehead atoms. The second-order valence-electron chi connectivity index (χ2n) is 10.9. The quantitative estimate of drug-likeness (QED) is 0.309.